The van der Waals surface area contributed by atoms with Crippen LogP contribution in [0.5, 0.6) is 0 Å². The average molecular weight is 263 g/mol. The Bertz CT molecular complexity index is 402. The fourth-order valence-corrected chi connectivity index (χ4v) is 1.21. The molecule has 14 heavy (non-hydrogen) atoms. The minimum absolute atomic E-state index is 0.112. The van der Waals surface area contributed by atoms with Gasteiger partial charge in [0.05, 0.1) is 4.47 Å². The Kier molecular flexibility index (Phi) is 3.35. The molecular formula is C9H5BrF2O2. The van der Waals surface area contributed by atoms with Gasteiger partial charge in [0.15, 0.2) is 0 Å². The summed E-state index contributed by atoms with van der Waals surface area (Å²) in [6.45, 7) is 0. The lowest BCUT2D eigenvalue weighted by molar-refractivity contribution is -0.134. The molecule has 0 saturated carbocycles. The van der Waals surface area contributed by atoms with Crippen LogP contribution in [-0.4, -0.2) is 11.1 Å². The second-order valence-corrected chi connectivity index (χ2v) is 3.29. The van der Waals surface area contributed by atoms with Gasteiger partial charge in [-0.15, -0.1) is 0 Å². The third-order valence-electron chi connectivity index (χ3n) is 1.47. The maximum absolute atomic E-state index is 13.2. The molecule has 1 rings (SSSR count). The molecule has 0 aliphatic rings. The van der Waals surface area contributed by atoms with Crippen LogP contribution in [0.15, 0.2) is 28.5 Å². The van der Waals surface area contributed by atoms with Crippen LogP contribution in [0.2, 0.25) is 0 Å². The standard InChI is InChI=1S/C9H5BrF2O2/c10-6-3-1-2-5(8(6)12)4-7(11)9(13)14/h1-4H,(H,13,14)/b7-4-. The van der Waals surface area contributed by atoms with Gasteiger partial charge in [-0.3, -0.25) is 0 Å². The second-order valence-electron chi connectivity index (χ2n) is 2.44. The van der Waals surface area contributed by atoms with Gasteiger partial charge in [0.2, 0.25) is 5.83 Å². The number of carboxylic acid groups (broad SMARTS) is 1. The number of carbonyl (C=O) groups is 1. The van der Waals surface area contributed by atoms with Crippen LogP contribution in [0.3, 0.4) is 0 Å². The lowest BCUT2D eigenvalue weighted by atomic mass is 10.2. The van der Waals surface area contributed by atoms with E-state index < -0.39 is 17.6 Å². The van der Waals surface area contributed by atoms with E-state index in [9.17, 15) is 13.6 Å². The Morgan fingerprint density at radius 3 is 2.71 bits per heavy atom. The van der Waals surface area contributed by atoms with Crippen molar-refractivity contribution in [3.05, 3.63) is 39.9 Å². The summed E-state index contributed by atoms with van der Waals surface area (Å²) in [6.07, 6.45) is 0.627. The zero-order valence-electron chi connectivity index (χ0n) is 6.80. The highest BCUT2D eigenvalue weighted by Crippen LogP contribution is 2.20. The molecular weight excluding hydrogens is 258 g/mol. The van der Waals surface area contributed by atoms with Crippen molar-refractivity contribution >= 4 is 28.0 Å². The van der Waals surface area contributed by atoms with E-state index in [4.69, 9.17) is 5.11 Å². The van der Waals surface area contributed by atoms with Crippen LogP contribution in [0.25, 0.3) is 6.08 Å². The molecule has 0 spiro atoms. The first-order valence-electron chi connectivity index (χ1n) is 3.57. The van der Waals surface area contributed by atoms with Gasteiger partial charge >= 0.3 is 5.97 Å². The quantitative estimate of drug-likeness (QED) is 0.833. The molecule has 5 heteroatoms. The number of aliphatic carboxylic acids is 1. The van der Waals surface area contributed by atoms with Gasteiger partial charge in [-0.25, -0.2) is 9.18 Å². The molecule has 0 bridgehead atoms. The summed E-state index contributed by atoms with van der Waals surface area (Å²) in [6, 6.07) is 4.20. The largest absolute Gasteiger partial charge is 0.476 e. The lowest BCUT2D eigenvalue weighted by Crippen LogP contribution is -1.95. The summed E-state index contributed by atoms with van der Waals surface area (Å²) in [7, 11) is 0. The molecule has 0 aromatic heterocycles. The second kappa shape index (κ2) is 4.32. The SMILES string of the molecule is O=C(O)/C(F)=C/c1cccc(Br)c1F. The van der Waals surface area contributed by atoms with Crippen molar-refractivity contribution in [1.82, 2.24) is 0 Å². The van der Waals surface area contributed by atoms with Crippen LogP contribution in [0.4, 0.5) is 8.78 Å². The number of rotatable bonds is 2. The van der Waals surface area contributed by atoms with Crippen LogP contribution >= 0.6 is 15.9 Å². The molecule has 1 N–H and O–H groups in total. The Balaban J connectivity index is 3.15. The summed E-state index contributed by atoms with van der Waals surface area (Å²) < 4.78 is 25.9. The predicted octanol–water partition coefficient (Wildman–Crippen LogP) is 2.98. The number of hydrogen-bond donors (Lipinski definition) is 1. The van der Waals surface area contributed by atoms with E-state index in [2.05, 4.69) is 15.9 Å². The van der Waals surface area contributed by atoms with Gasteiger partial charge in [-0.1, -0.05) is 12.1 Å². The zero-order valence-corrected chi connectivity index (χ0v) is 8.38. The van der Waals surface area contributed by atoms with Crippen molar-refractivity contribution in [2.45, 2.75) is 0 Å². The smallest absolute Gasteiger partial charge is 0.364 e. The normalized spacial score (nSPS) is 11.5. The van der Waals surface area contributed by atoms with Crippen LogP contribution < -0.4 is 0 Å². The Hall–Kier alpha value is -1.23. The molecule has 0 fully saturated rings. The van der Waals surface area contributed by atoms with Crippen LogP contribution in [0, 0.1) is 5.82 Å². The van der Waals surface area contributed by atoms with E-state index in [1.54, 1.807) is 0 Å². The van der Waals surface area contributed by atoms with Gasteiger partial charge in [-0.2, -0.15) is 4.39 Å². The monoisotopic (exact) mass is 262 g/mol. The third-order valence-corrected chi connectivity index (χ3v) is 2.08. The van der Waals surface area contributed by atoms with Gasteiger partial charge in [0, 0.05) is 5.56 Å². The maximum Gasteiger partial charge on any atom is 0.364 e. The molecule has 0 saturated heterocycles. The topological polar surface area (TPSA) is 37.3 Å². The zero-order chi connectivity index (χ0) is 10.7. The summed E-state index contributed by atoms with van der Waals surface area (Å²) in [5, 5.41) is 8.23. The molecule has 2 nitrogen and oxygen atoms in total. The fraction of sp³-hybridized carbons (Fsp3) is 0. The van der Waals surface area contributed by atoms with Crippen molar-refractivity contribution in [2.24, 2.45) is 0 Å². The van der Waals surface area contributed by atoms with Gasteiger partial charge in [-0.05, 0) is 28.1 Å². The predicted molar refractivity (Wildman–Crippen MR) is 50.8 cm³/mol. The summed E-state index contributed by atoms with van der Waals surface area (Å²) in [5.41, 5.74) is -0.112. The van der Waals surface area contributed by atoms with Crippen LogP contribution in [-0.2, 0) is 4.79 Å². The van der Waals surface area contributed by atoms with E-state index >= 15 is 0 Å². The molecule has 0 atom stereocenters. The Morgan fingerprint density at radius 1 is 1.50 bits per heavy atom. The first-order valence-corrected chi connectivity index (χ1v) is 4.36. The van der Waals surface area contributed by atoms with Crippen molar-refractivity contribution in [3.63, 3.8) is 0 Å². The van der Waals surface area contributed by atoms with E-state index in [0.717, 1.165) is 0 Å². The van der Waals surface area contributed by atoms with Gasteiger partial charge in [0.1, 0.15) is 5.82 Å². The molecule has 0 unspecified atom stereocenters. The Morgan fingerprint density at radius 2 is 2.14 bits per heavy atom. The lowest BCUT2D eigenvalue weighted by Gasteiger charge is -1.98. The molecule has 74 valence electrons. The minimum atomic E-state index is -1.72. The fourth-order valence-electron chi connectivity index (χ4n) is 0.830. The number of halogens is 3. The molecule has 1 aromatic carbocycles. The first kappa shape index (κ1) is 10.8. The summed E-state index contributed by atoms with van der Waals surface area (Å²) in [4.78, 5) is 10.1. The van der Waals surface area contributed by atoms with E-state index in [1.807, 2.05) is 0 Å². The van der Waals surface area contributed by atoms with Crippen molar-refractivity contribution in [3.8, 4) is 0 Å². The average Bonchev–Trinajstić information content (AvgIpc) is 2.12. The highest BCUT2D eigenvalue weighted by atomic mass is 79.9. The summed E-state index contributed by atoms with van der Waals surface area (Å²) >= 11 is 2.90. The van der Waals surface area contributed by atoms with Gasteiger partial charge < -0.3 is 5.11 Å². The van der Waals surface area contributed by atoms with Crippen molar-refractivity contribution < 1.29 is 18.7 Å². The minimum Gasteiger partial charge on any atom is -0.476 e. The third kappa shape index (κ3) is 2.38. The molecule has 0 aliphatic carbocycles. The molecule has 0 aliphatic heterocycles. The van der Waals surface area contributed by atoms with Crippen molar-refractivity contribution in [1.29, 1.82) is 0 Å². The number of benzene rings is 1. The number of hydrogen-bond acceptors (Lipinski definition) is 1. The summed E-state index contributed by atoms with van der Waals surface area (Å²) in [5.74, 6) is -3.81. The molecule has 0 radical (unpaired) electrons. The van der Waals surface area contributed by atoms with E-state index in [0.29, 0.717) is 6.08 Å². The Labute approximate surface area is 87.0 Å². The molecule has 0 heterocycles. The van der Waals surface area contributed by atoms with E-state index in [-0.39, 0.29) is 10.0 Å². The van der Waals surface area contributed by atoms with Crippen molar-refractivity contribution in [2.75, 3.05) is 0 Å². The van der Waals surface area contributed by atoms with E-state index in [1.165, 1.54) is 18.2 Å². The maximum atomic E-state index is 13.2. The van der Waals surface area contributed by atoms with Gasteiger partial charge in [0.25, 0.3) is 0 Å². The van der Waals surface area contributed by atoms with Crippen LogP contribution in [0.1, 0.15) is 5.56 Å². The molecule has 1 aromatic rings. The highest BCUT2D eigenvalue weighted by molar-refractivity contribution is 9.10. The number of carboxylic acids is 1. The molecule has 0 amide bonds. The highest BCUT2D eigenvalue weighted by Gasteiger charge is 2.09. The first-order chi connectivity index (χ1) is 6.52.